The number of nitrogens with zero attached hydrogens (tertiary/aromatic N) is 3. The zero-order valence-corrected chi connectivity index (χ0v) is 10.3. The van der Waals surface area contributed by atoms with E-state index in [1.165, 1.54) is 0 Å². The van der Waals surface area contributed by atoms with E-state index in [-0.39, 0.29) is 12.1 Å². The lowest BCUT2D eigenvalue weighted by atomic mass is 10.0. The summed E-state index contributed by atoms with van der Waals surface area (Å²) in [5, 5.41) is 17.4. The van der Waals surface area contributed by atoms with Crippen LogP contribution in [0.2, 0.25) is 0 Å². The van der Waals surface area contributed by atoms with Crippen LogP contribution >= 0.6 is 0 Å². The molecule has 4 nitrogen and oxygen atoms in total. The van der Waals surface area contributed by atoms with Gasteiger partial charge < -0.3 is 9.67 Å². The monoisotopic (exact) mass is 211 g/mol. The fourth-order valence-electron chi connectivity index (χ4n) is 1.67. The summed E-state index contributed by atoms with van der Waals surface area (Å²) in [6.45, 7) is 10.5. The van der Waals surface area contributed by atoms with Crippen molar-refractivity contribution in [2.45, 2.75) is 59.1 Å². The lowest BCUT2D eigenvalue weighted by Crippen LogP contribution is -2.27. The van der Waals surface area contributed by atoms with Crippen molar-refractivity contribution in [3.8, 4) is 0 Å². The molecule has 0 saturated heterocycles. The molecule has 1 rings (SSSR count). The Balaban J connectivity index is 3.23. The smallest absolute Gasteiger partial charge is 0.159 e. The predicted molar refractivity (Wildman–Crippen MR) is 59.6 cm³/mol. The zero-order valence-electron chi connectivity index (χ0n) is 10.3. The van der Waals surface area contributed by atoms with Gasteiger partial charge in [0.2, 0.25) is 0 Å². The summed E-state index contributed by atoms with van der Waals surface area (Å²) in [6, 6.07) is 0. The van der Waals surface area contributed by atoms with Crippen LogP contribution in [0.5, 0.6) is 0 Å². The molecule has 0 aliphatic rings. The Bertz CT molecular complexity index is 325. The second-order valence-electron chi connectivity index (χ2n) is 4.95. The van der Waals surface area contributed by atoms with Crippen LogP contribution in [0, 0.1) is 0 Å². The van der Waals surface area contributed by atoms with Gasteiger partial charge in [0.05, 0.1) is 0 Å². The lowest BCUT2D eigenvalue weighted by Gasteiger charge is -2.26. The van der Waals surface area contributed by atoms with Crippen molar-refractivity contribution in [2.75, 3.05) is 0 Å². The van der Waals surface area contributed by atoms with Crippen LogP contribution in [0.15, 0.2) is 0 Å². The summed E-state index contributed by atoms with van der Waals surface area (Å²) < 4.78 is 2.04. The topological polar surface area (TPSA) is 50.9 Å². The highest BCUT2D eigenvalue weighted by Gasteiger charge is 2.24. The first-order valence-electron chi connectivity index (χ1n) is 5.47. The molecule has 0 spiro atoms. The van der Waals surface area contributed by atoms with E-state index >= 15 is 0 Å². The SMILES string of the molecule is CCC(C)c1nnc(CO)n1C(C)(C)C. The van der Waals surface area contributed by atoms with Crippen LogP contribution < -0.4 is 0 Å². The molecule has 0 aromatic carbocycles. The average molecular weight is 211 g/mol. The molecule has 1 N–H and O–H groups in total. The third-order valence-electron chi connectivity index (χ3n) is 2.62. The molecule has 1 heterocycles. The molecule has 0 aliphatic carbocycles. The van der Waals surface area contributed by atoms with Gasteiger partial charge in [-0.05, 0) is 27.2 Å². The summed E-state index contributed by atoms with van der Waals surface area (Å²) in [7, 11) is 0. The molecule has 1 aromatic rings. The van der Waals surface area contributed by atoms with E-state index in [1.54, 1.807) is 0 Å². The van der Waals surface area contributed by atoms with Gasteiger partial charge in [-0.1, -0.05) is 13.8 Å². The van der Waals surface area contributed by atoms with Crippen LogP contribution in [-0.2, 0) is 12.1 Å². The second-order valence-corrected chi connectivity index (χ2v) is 4.95. The third-order valence-corrected chi connectivity index (χ3v) is 2.62. The van der Waals surface area contributed by atoms with Gasteiger partial charge in [-0.2, -0.15) is 0 Å². The summed E-state index contributed by atoms with van der Waals surface area (Å²) in [6.07, 6.45) is 1.03. The number of aliphatic hydroxyl groups excluding tert-OH is 1. The van der Waals surface area contributed by atoms with Crippen molar-refractivity contribution < 1.29 is 5.11 Å². The molecule has 0 saturated carbocycles. The standard InChI is InChI=1S/C11H21N3O/c1-6-8(2)10-13-12-9(7-15)14(10)11(3,4)5/h8,15H,6-7H2,1-5H3. The number of aromatic nitrogens is 3. The summed E-state index contributed by atoms with van der Waals surface area (Å²) in [5.74, 6) is 1.99. The summed E-state index contributed by atoms with van der Waals surface area (Å²) in [5.41, 5.74) is -0.0830. The van der Waals surface area contributed by atoms with E-state index < -0.39 is 0 Å². The fraction of sp³-hybridized carbons (Fsp3) is 0.818. The van der Waals surface area contributed by atoms with Crippen molar-refractivity contribution in [2.24, 2.45) is 0 Å². The van der Waals surface area contributed by atoms with Gasteiger partial charge in [0.1, 0.15) is 12.4 Å². The average Bonchev–Trinajstić information content (AvgIpc) is 2.59. The van der Waals surface area contributed by atoms with Gasteiger partial charge in [0.25, 0.3) is 0 Å². The van der Waals surface area contributed by atoms with Crippen molar-refractivity contribution >= 4 is 0 Å². The highest BCUT2D eigenvalue weighted by Crippen LogP contribution is 2.25. The maximum Gasteiger partial charge on any atom is 0.159 e. The van der Waals surface area contributed by atoms with Gasteiger partial charge in [-0.25, -0.2) is 0 Å². The molecule has 15 heavy (non-hydrogen) atoms. The quantitative estimate of drug-likeness (QED) is 0.832. The number of hydrogen-bond donors (Lipinski definition) is 1. The molecule has 0 aliphatic heterocycles. The minimum absolute atomic E-state index is 0.0549. The molecular weight excluding hydrogens is 190 g/mol. The summed E-state index contributed by atoms with van der Waals surface area (Å²) in [4.78, 5) is 0. The van der Waals surface area contributed by atoms with Crippen molar-refractivity contribution in [1.82, 2.24) is 14.8 Å². The molecule has 0 bridgehead atoms. The van der Waals surface area contributed by atoms with Gasteiger partial charge in [-0.3, -0.25) is 0 Å². The molecular formula is C11H21N3O. The van der Waals surface area contributed by atoms with Crippen LogP contribution in [0.25, 0.3) is 0 Å². The first kappa shape index (κ1) is 12.2. The van der Waals surface area contributed by atoms with Gasteiger partial charge >= 0.3 is 0 Å². The Kier molecular flexibility index (Phi) is 3.50. The minimum atomic E-state index is -0.0830. The van der Waals surface area contributed by atoms with Crippen LogP contribution in [0.3, 0.4) is 0 Å². The normalized spacial score (nSPS) is 14.3. The van der Waals surface area contributed by atoms with E-state index in [4.69, 9.17) is 0 Å². The van der Waals surface area contributed by atoms with Gasteiger partial charge in [0, 0.05) is 11.5 Å². The molecule has 4 heteroatoms. The van der Waals surface area contributed by atoms with E-state index in [0.29, 0.717) is 11.7 Å². The lowest BCUT2D eigenvalue weighted by molar-refractivity contribution is 0.247. The number of rotatable bonds is 3. The second kappa shape index (κ2) is 4.31. The highest BCUT2D eigenvalue weighted by atomic mass is 16.3. The molecule has 1 aromatic heterocycles. The Morgan fingerprint density at radius 2 is 1.93 bits per heavy atom. The van der Waals surface area contributed by atoms with E-state index in [0.717, 1.165) is 12.2 Å². The van der Waals surface area contributed by atoms with Gasteiger partial charge in [0.15, 0.2) is 5.82 Å². The Labute approximate surface area is 91.3 Å². The third kappa shape index (κ3) is 2.37. The fourth-order valence-corrected chi connectivity index (χ4v) is 1.67. The Morgan fingerprint density at radius 1 is 1.33 bits per heavy atom. The van der Waals surface area contributed by atoms with E-state index in [9.17, 15) is 5.11 Å². The minimum Gasteiger partial charge on any atom is -0.388 e. The summed E-state index contributed by atoms with van der Waals surface area (Å²) >= 11 is 0. The molecule has 0 radical (unpaired) electrons. The van der Waals surface area contributed by atoms with Crippen molar-refractivity contribution in [1.29, 1.82) is 0 Å². The first-order chi connectivity index (χ1) is 6.91. The maximum atomic E-state index is 9.23. The highest BCUT2D eigenvalue weighted by molar-refractivity contribution is 5.04. The van der Waals surface area contributed by atoms with E-state index in [1.807, 2.05) is 4.57 Å². The number of hydrogen-bond acceptors (Lipinski definition) is 3. The van der Waals surface area contributed by atoms with Crippen LogP contribution in [0.1, 0.15) is 58.6 Å². The zero-order chi connectivity index (χ0) is 11.6. The molecule has 1 unspecified atom stereocenters. The van der Waals surface area contributed by atoms with Gasteiger partial charge in [-0.15, -0.1) is 10.2 Å². The Hall–Kier alpha value is -0.900. The molecule has 86 valence electrons. The molecule has 0 amide bonds. The van der Waals surface area contributed by atoms with Crippen LogP contribution in [0.4, 0.5) is 0 Å². The van der Waals surface area contributed by atoms with Crippen molar-refractivity contribution in [3.63, 3.8) is 0 Å². The van der Waals surface area contributed by atoms with Crippen LogP contribution in [-0.4, -0.2) is 19.9 Å². The largest absolute Gasteiger partial charge is 0.388 e. The van der Waals surface area contributed by atoms with Crippen molar-refractivity contribution in [3.05, 3.63) is 11.6 Å². The Morgan fingerprint density at radius 3 is 2.33 bits per heavy atom. The molecule has 1 atom stereocenters. The maximum absolute atomic E-state index is 9.23. The van der Waals surface area contributed by atoms with E-state index in [2.05, 4.69) is 44.8 Å². The predicted octanol–water partition coefficient (Wildman–Crippen LogP) is 2.04. The molecule has 0 fully saturated rings. The number of aliphatic hydroxyl groups is 1. The first-order valence-corrected chi connectivity index (χ1v) is 5.47.